The molecule has 0 aromatic carbocycles. The SMILES string of the molecule is I.NC(=NCCCN1CCOCC1)NCCNc1ncccc1C(F)(F)F. The van der Waals surface area contributed by atoms with E-state index in [0.29, 0.717) is 13.1 Å². The molecule has 0 radical (unpaired) electrons. The second kappa shape index (κ2) is 12.2. The second-order valence-electron chi connectivity index (χ2n) is 5.83. The molecule has 0 amide bonds. The Bertz CT molecular complexity index is 582. The molecule has 0 saturated carbocycles. The summed E-state index contributed by atoms with van der Waals surface area (Å²) in [4.78, 5) is 10.3. The van der Waals surface area contributed by atoms with Crippen molar-refractivity contribution in [3.05, 3.63) is 23.9 Å². The number of nitrogens with two attached hydrogens (primary N) is 1. The van der Waals surface area contributed by atoms with Gasteiger partial charge in [-0.2, -0.15) is 13.2 Å². The highest BCUT2D eigenvalue weighted by molar-refractivity contribution is 14.0. The molecule has 1 fully saturated rings. The Balaban J connectivity index is 0.00000364. The molecule has 0 unspecified atom stereocenters. The molecule has 0 aliphatic carbocycles. The van der Waals surface area contributed by atoms with Crippen molar-refractivity contribution in [1.29, 1.82) is 0 Å². The molecule has 1 aromatic heterocycles. The number of aliphatic imine (C=N–C) groups is 1. The van der Waals surface area contributed by atoms with Crippen LogP contribution < -0.4 is 16.4 Å². The lowest BCUT2D eigenvalue weighted by atomic mass is 10.2. The van der Waals surface area contributed by atoms with Crippen LogP contribution in [0.1, 0.15) is 12.0 Å². The zero-order valence-corrected chi connectivity index (χ0v) is 17.3. The van der Waals surface area contributed by atoms with Crippen molar-refractivity contribution < 1.29 is 17.9 Å². The quantitative estimate of drug-likeness (QED) is 0.218. The molecule has 11 heteroatoms. The van der Waals surface area contributed by atoms with Gasteiger partial charge in [-0.05, 0) is 18.6 Å². The summed E-state index contributed by atoms with van der Waals surface area (Å²) in [5, 5.41) is 5.53. The number of halogens is 4. The van der Waals surface area contributed by atoms with Crippen LogP contribution in [0.15, 0.2) is 23.3 Å². The molecule has 7 nitrogen and oxygen atoms in total. The summed E-state index contributed by atoms with van der Waals surface area (Å²) in [5.74, 6) is 0.0914. The molecule has 1 aliphatic heterocycles. The fourth-order valence-corrected chi connectivity index (χ4v) is 2.52. The lowest BCUT2D eigenvalue weighted by Gasteiger charge is -2.26. The van der Waals surface area contributed by atoms with Crippen molar-refractivity contribution >= 4 is 35.8 Å². The summed E-state index contributed by atoms with van der Waals surface area (Å²) in [6, 6.07) is 2.25. The van der Waals surface area contributed by atoms with E-state index in [-0.39, 0.29) is 42.3 Å². The van der Waals surface area contributed by atoms with Crippen molar-refractivity contribution in [3.63, 3.8) is 0 Å². The first-order valence-corrected chi connectivity index (χ1v) is 8.57. The van der Waals surface area contributed by atoms with E-state index in [1.807, 2.05) is 0 Å². The summed E-state index contributed by atoms with van der Waals surface area (Å²) in [7, 11) is 0. The lowest BCUT2D eigenvalue weighted by Crippen LogP contribution is -2.37. The minimum Gasteiger partial charge on any atom is -0.379 e. The number of anilines is 1. The van der Waals surface area contributed by atoms with Gasteiger partial charge in [0.05, 0.1) is 18.8 Å². The summed E-state index contributed by atoms with van der Waals surface area (Å²) in [5.41, 5.74) is 4.97. The normalized spacial score (nSPS) is 15.9. The Labute approximate surface area is 174 Å². The number of nitrogens with one attached hydrogen (secondary N) is 2. The molecule has 1 aromatic rings. The average molecular weight is 502 g/mol. The third-order valence-electron chi connectivity index (χ3n) is 3.85. The predicted molar refractivity (Wildman–Crippen MR) is 110 cm³/mol. The number of rotatable bonds is 8. The summed E-state index contributed by atoms with van der Waals surface area (Å²) in [6.07, 6.45) is -2.23. The molecule has 0 spiro atoms. The van der Waals surface area contributed by atoms with Crippen molar-refractivity contribution in [3.8, 4) is 0 Å². The van der Waals surface area contributed by atoms with Gasteiger partial charge in [0.15, 0.2) is 5.96 Å². The van der Waals surface area contributed by atoms with E-state index < -0.39 is 11.7 Å². The van der Waals surface area contributed by atoms with E-state index in [1.165, 1.54) is 12.3 Å². The average Bonchev–Trinajstić information content (AvgIpc) is 2.63. The van der Waals surface area contributed by atoms with E-state index in [2.05, 4.69) is 25.5 Å². The van der Waals surface area contributed by atoms with Crippen LogP contribution in [0.5, 0.6) is 0 Å². The molecule has 1 aliphatic rings. The van der Waals surface area contributed by atoms with Gasteiger partial charge in [-0.25, -0.2) is 4.98 Å². The monoisotopic (exact) mass is 502 g/mol. The number of ether oxygens (including phenoxy) is 1. The van der Waals surface area contributed by atoms with Crippen LogP contribution >= 0.6 is 24.0 Å². The first kappa shape index (κ1) is 23.7. The molecule has 0 atom stereocenters. The number of nitrogens with zero attached hydrogens (tertiary/aromatic N) is 3. The summed E-state index contributed by atoms with van der Waals surface area (Å²) in [6.45, 7) is 5.55. The highest BCUT2D eigenvalue weighted by atomic mass is 127. The van der Waals surface area contributed by atoms with E-state index >= 15 is 0 Å². The Morgan fingerprint density at radius 3 is 2.74 bits per heavy atom. The Morgan fingerprint density at radius 1 is 1.30 bits per heavy atom. The zero-order valence-electron chi connectivity index (χ0n) is 15.0. The molecule has 2 rings (SSSR count). The van der Waals surface area contributed by atoms with Gasteiger partial charge in [0.1, 0.15) is 5.82 Å². The van der Waals surface area contributed by atoms with Crippen LogP contribution in [0, 0.1) is 0 Å². The number of hydrogen-bond donors (Lipinski definition) is 3. The Kier molecular flexibility index (Phi) is 10.7. The number of alkyl halides is 3. The van der Waals surface area contributed by atoms with Gasteiger partial charge >= 0.3 is 6.18 Å². The highest BCUT2D eigenvalue weighted by Gasteiger charge is 2.33. The largest absolute Gasteiger partial charge is 0.419 e. The van der Waals surface area contributed by atoms with Crippen molar-refractivity contribution in [2.24, 2.45) is 10.7 Å². The maximum absolute atomic E-state index is 12.8. The second-order valence-corrected chi connectivity index (χ2v) is 5.83. The van der Waals surface area contributed by atoms with Gasteiger partial charge in [-0.15, -0.1) is 24.0 Å². The van der Waals surface area contributed by atoms with Crippen LogP contribution in [0.2, 0.25) is 0 Å². The van der Waals surface area contributed by atoms with Crippen molar-refractivity contribution in [2.45, 2.75) is 12.6 Å². The lowest BCUT2D eigenvalue weighted by molar-refractivity contribution is -0.137. The molecule has 2 heterocycles. The zero-order chi connectivity index (χ0) is 18.8. The van der Waals surface area contributed by atoms with Gasteiger partial charge in [-0.3, -0.25) is 9.89 Å². The first-order valence-electron chi connectivity index (χ1n) is 8.57. The summed E-state index contributed by atoms with van der Waals surface area (Å²) >= 11 is 0. The third-order valence-corrected chi connectivity index (χ3v) is 3.85. The molecular formula is C16H26F3IN6O. The van der Waals surface area contributed by atoms with Gasteiger partial charge in [-0.1, -0.05) is 0 Å². The molecule has 0 bridgehead atoms. The van der Waals surface area contributed by atoms with Gasteiger partial charge in [0.25, 0.3) is 0 Å². The summed E-state index contributed by atoms with van der Waals surface area (Å²) < 4.78 is 43.8. The Morgan fingerprint density at radius 2 is 2.04 bits per heavy atom. The van der Waals surface area contributed by atoms with E-state index in [4.69, 9.17) is 10.5 Å². The van der Waals surface area contributed by atoms with Gasteiger partial charge in [0, 0.05) is 45.5 Å². The molecule has 1 saturated heterocycles. The molecule has 27 heavy (non-hydrogen) atoms. The maximum atomic E-state index is 12.8. The van der Waals surface area contributed by atoms with Crippen molar-refractivity contribution in [2.75, 3.05) is 57.8 Å². The smallest absolute Gasteiger partial charge is 0.379 e. The van der Waals surface area contributed by atoms with E-state index in [0.717, 1.165) is 45.3 Å². The van der Waals surface area contributed by atoms with E-state index in [1.54, 1.807) is 0 Å². The van der Waals surface area contributed by atoms with Gasteiger partial charge < -0.3 is 21.1 Å². The van der Waals surface area contributed by atoms with Crippen LogP contribution in [0.3, 0.4) is 0 Å². The minimum absolute atomic E-state index is 0. The topological polar surface area (TPSA) is 87.8 Å². The minimum atomic E-state index is -4.44. The maximum Gasteiger partial charge on any atom is 0.419 e. The van der Waals surface area contributed by atoms with Crippen molar-refractivity contribution in [1.82, 2.24) is 15.2 Å². The highest BCUT2D eigenvalue weighted by Crippen LogP contribution is 2.33. The number of guanidine groups is 1. The first-order chi connectivity index (χ1) is 12.5. The molecule has 154 valence electrons. The number of aromatic nitrogens is 1. The van der Waals surface area contributed by atoms with Gasteiger partial charge in [0.2, 0.25) is 0 Å². The van der Waals surface area contributed by atoms with Crippen LogP contribution in [-0.4, -0.2) is 68.3 Å². The number of pyridine rings is 1. The Hall–Kier alpha value is -1.34. The fourth-order valence-electron chi connectivity index (χ4n) is 2.52. The van der Waals surface area contributed by atoms with Crippen LogP contribution in [0.4, 0.5) is 19.0 Å². The molecule has 4 N–H and O–H groups in total. The molecular weight excluding hydrogens is 476 g/mol. The fraction of sp³-hybridized carbons (Fsp3) is 0.625. The number of morpholine rings is 1. The van der Waals surface area contributed by atoms with E-state index in [9.17, 15) is 13.2 Å². The third kappa shape index (κ3) is 8.93. The number of hydrogen-bond acceptors (Lipinski definition) is 5. The standard InChI is InChI=1S/C16H25F3N6O.HI/c17-16(18,19)13-3-1-4-21-14(13)22-6-7-24-15(20)23-5-2-8-25-9-11-26-12-10-25;/h1,3-4H,2,5-12H2,(H,21,22)(H3,20,23,24);1H. The predicted octanol–water partition coefficient (Wildman–Crippen LogP) is 1.76. The van der Waals surface area contributed by atoms with Crippen LogP contribution in [0.25, 0.3) is 0 Å². The van der Waals surface area contributed by atoms with Crippen LogP contribution in [-0.2, 0) is 10.9 Å².